The molecule has 0 saturated carbocycles. The molecule has 2 aromatic rings. The number of thiophene rings is 1. The third-order valence-corrected chi connectivity index (χ3v) is 4.01. The Morgan fingerprint density at radius 3 is 2.74 bits per heavy atom. The number of amides is 1. The van der Waals surface area contributed by atoms with Gasteiger partial charge in [0.05, 0.1) is 12.1 Å². The Morgan fingerprint density at radius 2 is 2.17 bits per heavy atom. The van der Waals surface area contributed by atoms with Gasteiger partial charge in [0.2, 0.25) is 11.8 Å². The predicted octanol–water partition coefficient (Wildman–Crippen LogP) is 2.87. The first-order chi connectivity index (χ1) is 10.9. The van der Waals surface area contributed by atoms with Gasteiger partial charge in [0.15, 0.2) is 0 Å². The highest BCUT2D eigenvalue weighted by Crippen LogP contribution is 2.24. The van der Waals surface area contributed by atoms with Crippen molar-refractivity contribution in [2.75, 3.05) is 0 Å². The molecule has 0 bridgehead atoms. The molecule has 124 valence electrons. The fourth-order valence-electron chi connectivity index (χ4n) is 2.19. The lowest BCUT2D eigenvalue weighted by Crippen LogP contribution is -2.42. The van der Waals surface area contributed by atoms with E-state index in [9.17, 15) is 14.7 Å². The van der Waals surface area contributed by atoms with Crippen molar-refractivity contribution < 1.29 is 19.1 Å². The molecule has 0 saturated heterocycles. The number of aromatic nitrogens is 1. The van der Waals surface area contributed by atoms with Crippen molar-refractivity contribution >= 4 is 23.2 Å². The van der Waals surface area contributed by atoms with E-state index in [-0.39, 0.29) is 18.2 Å². The molecule has 0 aliphatic heterocycles. The molecular formula is C16H20N2O4S. The summed E-state index contributed by atoms with van der Waals surface area (Å²) in [5.74, 6) is -0.176. The van der Waals surface area contributed by atoms with Crippen LogP contribution in [0.5, 0.6) is 0 Å². The van der Waals surface area contributed by atoms with Crippen LogP contribution >= 0.6 is 11.3 Å². The van der Waals surface area contributed by atoms with E-state index < -0.39 is 12.0 Å². The van der Waals surface area contributed by atoms with Crippen molar-refractivity contribution in [2.24, 2.45) is 5.92 Å². The summed E-state index contributed by atoms with van der Waals surface area (Å²) in [6.45, 7) is 5.57. The number of hydrogen-bond acceptors (Lipinski definition) is 5. The summed E-state index contributed by atoms with van der Waals surface area (Å²) in [6.07, 6.45) is 0.389. The van der Waals surface area contributed by atoms with Crippen LogP contribution in [0.2, 0.25) is 0 Å². The molecule has 0 aromatic carbocycles. The minimum Gasteiger partial charge on any atom is -0.480 e. The van der Waals surface area contributed by atoms with Crippen LogP contribution < -0.4 is 5.32 Å². The average molecular weight is 336 g/mol. The van der Waals surface area contributed by atoms with Gasteiger partial charge in [-0.2, -0.15) is 11.3 Å². The Labute approximate surface area is 138 Å². The van der Waals surface area contributed by atoms with Gasteiger partial charge in [-0.1, -0.05) is 13.8 Å². The number of nitrogens with one attached hydrogen (secondary N) is 1. The molecule has 0 spiro atoms. The molecule has 0 fully saturated rings. The summed E-state index contributed by atoms with van der Waals surface area (Å²) in [4.78, 5) is 27.6. The van der Waals surface area contributed by atoms with Crippen LogP contribution in [0.1, 0.15) is 31.7 Å². The van der Waals surface area contributed by atoms with Gasteiger partial charge in [0, 0.05) is 10.9 Å². The summed E-state index contributed by atoms with van der Waals surface area (Å²) >= 11 is 1.54. The second kappa shape index (κ2) is 7.41. The fraction of sp³-hybridized carbons (Fsp3) is 0.438. The first-order valence-corrected chi connectivity index (χ1v) is 8.32. The maximum atomic E-state index is 12.1. The van der Waals surface area contributed by atoms with E-state index in [4.69, 9.17) is 4.42 Å². The number of carboxylic acids is 1. The summed E-state index contributed by atoms with van der Waals surface area (Å²) in [5, 5.41) is 15.6. The number of rotatable bonds is 7. The van der Waals surface area contributed by atoms with E-state index >= 15 is 0 Å². The van der Waals surface area contributed by atoms with Crippen LogP contribution in [-0.2, 0) is 16.0 Å². The number of carboxylic acid groups (broad SMARTS) is 1. The van der Waals surface area contributed by atoms with Crippen LogP contribution in [-0.4, -0.2) is 28.0 Å². The second-order valence-electron chi connectivity index (χ2n) is 5.80. The third-order valence-electron chi connectivity index (χ3n) is 3.33. The number of carbonyl (C=O) groups is 2. The second-order valence-corrected chi connectivity index (χ2v) is 6.58. The topological polar surface area (TPSA) is 92.4 Å². The van der Waals surface area contributed by atoms with E-state index in [1.54, 1.807) is 6.92 Å². The molecule has 0 radical (unpaired) electrons. The molecule has 1 atom stereocenters. The van der Waals surface area contributed by atoms with E-state index in [0.717, 1.165) is 5.56 Å². The quantitative estimate of drug-likeness (QED) is 0.811. The normalized spacial score (nSPS) is 12.3. The standard InChI is InChI=1S/C16H20N2O4S/c1-9(2)6-13(16(20)21)17-14(19)7-12-10(3)22-15(18-12)11-4-5-23-8-11/h4-5,8-9,13H,6-7H2,1-3H3,(H,17,19)(H,20,21). The lowest BCUT2D eigenvalue weighted by molar-refractivity contribution is -0.142. The summed E-state index contributed by atoms with van der Waals surface area (Å²) in [6, 6.07) is 1.01. The largest absolute Gasteiger partial charge is 0.480 e. The number of oxazole rings is 1. The highest BCUT2D eigenvalue weighted by Gasteiger charge is 2.22. The van der Waals surface area contributed by atoms with E-state index in [0.29, 0.717) is 23.8 Å². The van der Waals surface area contributed by atoms with Gasteiger partial charge in [-0.15, -0.1) is 0 Å². The van der Waals surface area contributed by atoms with Gasteiger partial charge in [-0.3, -0.25) is 4.79 Å². The van der Waals surface area contributed by atoms with Crippen LogP contribution in [0.25, 0.3) is 11.5 Å². The monoisotopic (exact) mass is 336 g/mol. The van der Waals surface area contributed by atoms with Gasteiger partial charge >= 0.3 is 5.97 Å². The molecule has 2 aromatic heterocycles. The zero-order valence-corrected chi connectivity index (χ0v) is 14.1. The molecule has 7 heteroatoms. The minimum atomic E-state index is -1.03. The van der Waals surface area contributed by atoms with Gasteiger partial charge in [0.1, 0.15) is 11.8 Å². The molecule has 1 amide bonds. The number of aliphatic carboxylic acids is 1. The first-order valence-electron chi connectivity index (χ1n) is 7.38. The summed E-state index contributed by atoms with van der Waals surface area (Å²) in [5.41, 5.74) is 1.39. The maximum Gasteiger partial charge on any atom is 0.326 e. The van der Waals surface area contributed by atoms with Gasteiger partial charge in [-0.25, -0.2) is 9.78 Å². The van der Waals surface area contributed by atoms with Crippen molar-refractivity contribution in [3.05, 3.63) is 28.3 Å². The van der Waals surface area contributed by atoms with Crippen LogP contribution in [0.4, 0.5) is 0 Å². The molecular weight excluding hydrogens is 316 g/mol. The van der Waals surface area contributed by atoms with Crippen molar-refractivity contribution in [3.8, 4) is 11.5 Å². The Bertz CT molecular complexity index is 676. The fourth-order valence-corrected chi connectivity index (χ4v) is 2.82. The van der Waals surface area contributed by atoms with Gasteiger partial charge in [-0.05, 0) is 30.7 Å². The highest BCUT2D eigenvalue weighted by molar-refractivity contribution is 7.08. The minimum absolute atomic E-state index is 0.00134. The Hall–Kier alpha value is -2.15. The lowest BCUT2D eigenvalue weighted by atomic mass is 10.0. The molecule has 2 heterocycles. The Balaban J connectivity index is 2.04. The maximum absolute atomic E-state index is 12.1. The molecule has 6 nitrogen and oxygen atoms in total. The Kier molecular flexibility index (Phi) is 5.54. The molecule has 2 rings (SSSR count). The zero-order chi connectivity index (χ0) is 17.0. The number of hydrogen-bond donors (Lipinski definition) is 2. The SMILES string of the molecule is Cc1oc(-c2ccsc2)nc1CC(=O)NC(CC(C)C)C(=O)O. The van der Waals surface area contributed by atoms with Crippen LogP contribution in [0.3, 0.4) is 0 Å². The molecule has 0 aliphatic carbocycles. The van der Waals surface area contributed by atoms with Crippen LogP contribution in [0.15, 0.2) is 21.2 Å². The average Bonchev–Trinajstić information content (AvgIpc) is 3.08. The molecule has 1 unspecified atom stereocenters. The summed E-state index contributed by atoms with van der Waals surface area (Å²) < 4.78 is 5.58. The number of carbonyl (C=O) groups excluding carboxylic acids is 1. The molecule has 2 N–H and O–H groups in total. The highest BCUT2D eigenvalue weighted by atomic mass is 32.1. The smallest absolute Gasteiger partial charge is 0.326 e. The number of nitrogens with zero attached hydrogens (tertiary/aromatic N) is 1. The van der Waals surface area contributed by atoms with E-state index in [1.807, 2.05) is 30.7 Å². The number of aryl methyl sites for hydroxylation is 1. The third kappa shape index (κ3) is 4.66. The lowest BCUT2D eigenvalue weighted by Gasteiger charge is -2.16. The molecule has 23 heavy (non-hydrogen) atoms. The summed E-state index contributed by atoms with van der Waals surface area (Å²) in [7, 11) is 0. The van der Waals surface area contributed by atoms with Gasteiger partial charge < -0.3 is 14.8 Å². The Morgan fingerprint density at radius 1 is 1.43 bits per heavy atom. The van der Waals surface area contributed by atoms with E-state index in [1.165, 1.54) is 11.3 Å². The van der Waals surface area contributed by atoms with Crippen molar-refractivity contribution in [1.29, 1.82) is 0 Å². The molecule has 0 aliphatic rings. The van der Waals surface area contributed by atoms with Crippen LogP contribution in [0, 0.1) is 12.8 Å². The first kappa shape index (κ1) is 17.2. The van der Waals surface area contributed by atoms with Crippen molar-refractivity contribution in [2.45, 2.75) is 39.7 Å². The van der Waals surface area contributed by atoms with Crippen molar-refractivity contribution in [1.82, 2.24) is 10.3 Å². The zero-order valence-electron chi connectivity index (χ0n) is 13.3. The van der Waals surface area contributed by atoms with Gasteiger partial charge in [0.25, 0.3) is 0 Å². The predicted molar refractivity (Wildman–Crippen MR) is 87.3 cm³/mol. The van der Waals surface area contributed by atoms with E-state index in [2.05, 4.69) is 10.3 Å². The van der Waals surface area contributed by atoms with Crippen molar-refractivity contribution in [3.63, 3.8) is 0 Å².